The largest absolute Gasteiger partial charge is 0.421 e. The smallest absolute Gasteiger partial charge is 0.247 e. The summed E-state index contributed by atoms with van der Waals surface area (Å²) in [6.07, 6.45) is 0. The van der Waals surface area contributed by atoms with Gasteiger partial charge in [-0.3, -0.25) is 0 Å². The van der Waals surface area contributed by atoms with Crippen molar-refractivity contribution in [2.24, 2.45) is 0 Å². The number of rotatable bonds is 1. The Morgan fingerprint density at radius 3 is 2.58 bits per heavy atom. The highest BCUT2D eigenvalue weighted by atomic mass is 16.4. The fraction of sp³-hybridized carbons (Fsp3) is 0.111. The van der Waals surface area contributed by atoms with Gasteiger partial charge < -0.3 is 4.42 Å². The number of aryl methyl sites for hydroxylation is 1. The van der Waals surface area contributed by atoms with Crippen molar-refractivity contribution < 1.29 is 4.42 Å². The van der Waals surface area contributed by atoms with Crippen LogP contribution in [0.25, 0.3) is 11.5 Å². The first-order chi connectivity index (χ1) is 5.86. The van der Waals surface area contributed by atoms with Crippen molar-refractivity contribution in [1.82, 2.24) is 10.2 Å². The van der Waals surface area contributed by atoms with Crippen molar-refractivity contribution in [2.45, 2.75) is 6.92 Å². The van der Waals surface area contributed by atoms with Crippen LogP contribution in [0.4, 0.5) is 0 Å². The molecule has 0 fully saturated rings. The van der Waals surface area contributed by atoms with E-state index in [9.17, 15) is 0 Å². The lowest BCUT2D eigenvalue weighted by Crippen LogP contribution is -1.75. The van der Waals surface area contributed by atoms with Gasteiger partial charge in [-0.2, -0.15) is 0 Å². The maximum absolute atomic E-state index is 5.23. The van der Waals surface area contributed by atoms with E-state index in [0.29, 0.717) is 11.8 Å². The first-order valence-corrected chi connectivity index (χ1v) is 3.63. The van der Waals surface area contributed by atoms with E-state index in [0.717, 1.165) is 5.56 Å². The number of aromatic nitrogens is 2. The molecule has 3 nitrogen and oxygen atoms in total. The van der Waals surface area contributed by atoms with Crippen LogP contribution in [0.3, 0.4) is 0 Å². The van der Waals surface area contributed by atoms with Crippen molar-refractivity contribution in [2.75, 3.05) is 0 Å². The lowest BCUT2D eigenvalue weighted by molar-refractivity contribution is 0.533. The minimum absolute atomic E-state index is 0.557. The molecular weight excluding hydrogens is 152 g/mol. The van der Waals surface area contributed by atoms with Crippen molar-refractivity contribution in [3.63, 3.8) is 0 Å². The summed E-state index contributed by atoms with van der Waals surface area (Å²) in [4.78, 5) is 0. The molecule has 0 aliphatic heterocycles. The van der Waals surface area contributed by atoms with Crippen LogP contribution in [0, 0.1) is 13.0 Å². The average molecular weight is 159 g/mol. The highest BCUT2D eigenvalue weighted by Gasteiger charge is 2.03. The number of hydrogen-bond donors (Lipinski definition) is 0. The minimum Gasteiger partial charge on any atom is -0.421 e. The lowest BCUT2D eigenvalue weighted by Gasteiger charge is -1.90. The molecule has 0 saturated carbocycles. The molecule has 1 aromatic carbocycles. The van der Waals surface area contributed by atoms with Gasteiger partial charge in [0.25, 0.3) is 0 Å². The van der Waals surface area contributed by atoms with Gasteiger partial charge in [0.2, 0.25) is 11.8 Å². The molecule has 0 saturated heterocycles. The zero-order valence-corrected chi connectivity index (χ0v) is 6.61. The van der Waals surface area contributed by atoms with Gasteiger partial charge in [-0.15, -0.1) is 10.2 Å². The summed E-state index contributed by atoms with van der Waals surface area (Å²) in [7, 11) is 0. The van der Waals surface area contributed by atoms with Crippen molar-refractivity contribution >= 4 is 0 Å². The first kappa shape index (κ1) is 7.03. The molecule has 0 aliphatic carbocycles. The van der Waals surface area contributed by atoms with Crippen molar-refractivity contribution in [1.29, 1.82) is 0 Å². The molecule has 1 radical (unpaired) electrons. The van der Waals surface area contributed by atoms with Gasteiger partial charge in [-0.25, -0.2) is 0 Å². The molecular formula is C9H7N2O. The quantitative estimate of drug-likeness (QED) is 0.637. The summed E-state index contributed by atoms with van der Waals surface area (Å²) in [5.41, 5.74) is 0.925. The van der Waals surface area contributed by atoms with Gasteiger partial charge in [0, 0.05) is 12.5 Å². The van der Waals surface area contributed by atoms with E-state index in [1.54, 1.807) is 6.92 Å². The SMILES string of the molecule is Cc1nnc(-c2cc[c]cc2)o1. The third-order valence-electron chi connectivity index (χ3n) is 1.49. The average Bonchev–Trinajstić information content (AvgIpc) is 2.54. The molecule has 2 aromatic rings. The van der Waals surface area contributed by atoms with Gasteiger partial charge in [0.05, 0.1) is 0 Å². The molecule has 0 spiro atoms. The molecule has 1 heterocycles. The number of benzene rings is 1. The topological polar surface area (TPSA) is 38.9 Å². The Hall–Kier alpha value is -1.64. The number of hydrogen-bond acceptors (Lipinski definition) is 3. The van der Waals surface area contributed by atoms with Crippen molar-refractivity contribution in [3.8, 4) is 11.5 Å². The van der Waals surface area contributed by atoms with Crippen LogP contribution in [0.1, 0.15) is 5.89 Å². The lowest BCUT2D eigenvalue weighted by atomic mass is 10.2. The monoisotopic (exact) mass is 159 g/mol. The van der Waals surface area contributed by atoms with Crippen LogP contribution in [0.2, 0.25) is 0 Å². The summed E-state index contributed by atoms with van der Waals surface area (Å²) < 4.78 is 5.23. The molecule has 0 amide bonds. The predicted molar refractivity (Wildman–Crippen MR) is 43.3 cm³/mol. The maximum Gasteiger partial charge on any atom is 0.247 e. The molecule has 59 valence electrons. The van der Waals surface area contributed by atoms with Gasteiger partial charge >= 0.3 is 0 Å². The summed E-state index contributed by atoms with van der Waals surface area (Å²) in [6, 6.07) is 10.3. The van der Waals surface area contributed by atoms with E-state index in [2.05, 4.69) is 16.3 Å². The van der Waals surface area contributed by atoms with Crippen LogP contribution in [-0.4, -0.2) is 10.2 Å². The van der Waals surface area contributed by atoms with E-state index in [1.807, 2.05) is 24.3 Å². The fourth-order valence-corrected chi connectivity index (χ4v) is 0.943. The van der Waals surface area contributed by atoms with Crippen LogP contribution in [-0.2, 0) is 0 Å². The fourth-order valence-electron chi connectivity index (χ4n) is 0.943. The second kappa shape index (κ2) is 2.77. The Morgan fingerprint density at radius 1 is 1.25 bits per heavy atom. The Balaban J connectivity index is 2.45. The normalized spacial score (nSPS) is 10.1. The summed E-state index contributed by atoms with van der Waals surface area (Å²) in [5.74, 6) is 1.14. The van der Waals surface area contributed by atoms with E-state index < -0.39 is 0 Å². The predicted octanol–water partition coefficient (Wildman–Crippen LogP) is 1.85. The minimum atomic E-state index is 0.557. The van der Waals surface area contributed by atoms with Crippen LogP contribution < -0.4 is 0 Å². The summed E-state index contributed by atoms with van der Waals surface area (Å²) in [6.45, 7) is 1.77. The second-order valence-corrected chi connectivity index (χ2v) is 2.41. The van der Waals surface area contributed by atoms with Gasteiger partial charge in [0.1, 0.15) is 0 Å². The molecule has 0 N–H and O–H groups in total. The maximum atomic E-state index is 5.23. The molecule has 1 aromatic heterocycles. The Labute approximate surface area is 70.1 Å². The molecule has 0 unspecified atom stereocenters. The summed E-state index contributed by atoms with van der Waals surface area (Å²) >= 11 is 0. The Bertz CT molecular complexity index is 367. The molecule has 0 aliphatic rings. The zero-order valence-electron chi connectivity index (χ0n) is 6.61. The van der Waals surface area contributed by atoms with E-state index >= 15 is 0 Å². The zero-order chi connectivity index (χ0) is 8.39. The second-order valence-electron chi connectivity index (χ2n) is 2.41. The third-order valence-corrected chi connectivity index (χ3v) is 1.49. The molecule has 3 heteroatoms. The Kier molecular flexibility index (Phi) is 1.63. The van der Waals surface area contributed by atoms with Crippen LogP contribution >= 0.6 is 0 Å². The summed E-state index contributed by atoms with van der Waals surface area (Å²) in [5, 5.41) is 7.62. The van der Waals surface area contributed by atoms with E-state index in [-0.39, 0.29) is 0 Å². The molecule has 12 heavy (non-hydrogen) atoms. The van der Waals surface area contributed by atoms with Gasteiger partial charge in [-0.1, -0.05) is 12.1 Å². The van der Waals surface area contributed by atoms with Gasteiger partial charge in [-0.05, 0) is 18.2 Å². The van der Waals surface area contributed by atoms with Crippen LogP contribution in [0.15, 0.2) is 28.7 Å². The first-order valence-electron chi connectivity index (χ1n) is 3.63. The Morgan fingerprint density at radius 2 is 2.00 bits per heavy atom. The third kappa shape index (κ3) is 1.21. The highest BCUT2D eigenvalue weighted by molar-refractivity contribution is 5.51. The standard InChI is InChI=1S/C9H7N2O/c1-7-10-11-9(12-7)8-5-3-2-4-6-8/h3-6H,1H3. The molecule has 0 atom stereocenters. The molecule has 2 rings (SSSR count). The highest BCUT2D eigenvalue weighted by Crippen LogP contribution is 2.15. The van der Waals surface area contributed by atoms with Gasteiger partial charge in [0.15, 0.2) is 0 Å². The van der Waals surface area contributed by atoms with E-state index in [4.69, 9.17) is 4.42 Å². The van der Waals surface area contributed by atoms with E-state index in [1.165, 1.54) is 0 Å². The molecule has 0 bridgehead atoms. The van der Waals surface area contributed by atoms with Crippen LogP contribution in [0.5, 0.6) is 0 Å². The van der Waals surface area contributed by atoms with Crippen molar-refractivity contribution in [3.05, 3.63) is 36.2 Å². The number of nitrogens with zero attached hydrogens (tertiary/aromatic N) is 2.